The van der Waals surface area contributed by atoms with Gasteiger partial charge >= 0.3 is 0 Å². The second-order valence-corrected chi connectivity index (χ2v) is 6.58. The minimum Gasteiger partial charge on any atom is -0.382 e. The Labute approximate surface area is 129 Å². The molecular weight excluding hydrogens is 266 g/mol. The van der Waals surface area contributed by atoms with Crippen molar-refractivity contribution in [2.75, 3.05) is 40.0 Å². The van der Waals surface area contributed by atoms with Gasteiger partial charge < -0.3 is 14.4 Å². The van der Waals surface area contributed by atoms with Crippen molar-refractivity contribution in [2.45, 2.75) is 51.4 Å². The van der Waals surface area contributed by atoms with Crippen LogP contribution < -0.4 is 0 Å². The van der Waals surface area contributed by atoms with Gasteiger partial charge in [0, 0.05) is 33.2 Å². The molecule has 2 rings (SSSR count). The van der Waals surface area contributed by atoms with E-state index in [9.17, 15) is 4.79 Å². The van der Waals surface area contributed by atoms with E-state index in [0.29, 0.717) is 25.0 Å². The third-order valence-electron chi connectivity index (χ3n) is 4.99. The third kappa shape index (κ3) is 5.95. The van der Waals surface area contributed by atoms with Crippen molar-refractivity contribution < 1.29 is 14.3 Å². The van der Waals surface area contributed by atoms with Crippen LogP contribution in [-0.4, -0.2) is 50.8 Å². The molecule has 0 atom stereocenters. The number of likely N-dealkylation sites (tertiary alicyclic amines) is 1. The number of amides is 1. The SMILES string of the molecule is COCCOCC1CCN(C(=O)CCC2CCCC2)CC1. The number of hydrogen-bond donors (Lipinski definition) is 0. The first-order chi connectivity index (χ1) is 10.3. The van der Waals surface area contributed by atoms with Gasteiger partial charge in [-0.1, -0.05) is 25.7 Å². The third-order valence-corrected chi connectivity index (χ3v) is 4.99. The van der Waals surface area contributed by atoms with Gasteiger partial charge in [-0.15, -0.1) is 0 Å². The summed E-state index contributed by atoms with van der Waals surface area (Å²) >= 11 is 0. The molecule has 0 aromatic rings. The molecular formula is C17H31NO3. The van der Waals surface area contributed by atoms with Gasteiger partial charge in [-0.2, -0.15) is 0 Å². The summed E-state index contributed by atoms with van der Waals surface area (Å²) in [7, 11) is 1.69. The van der Waals surface area contributed by atoms with Crippen LogP contribution in [0.25, 0.3) is 0 Å². The monoisotopic (exact) mass is 297 g/mol. The summed E-state index contributed by atoms with van der Waals surface area (Å²) in [5, 5.41) is 0. The molecule has 0 aromatic carbocycles. The lowest BCUT2D eigenvalue weighted by atomic mass is 9.96. The Bertz CT molecular complexity index is 294. The molecule has 0 aromatic heterocycles. The lowest BCUT2D eigenvalue weighted by molar-refractivity contribution is -0.133. The van der Waals surface area contributed by atoms with Crippen molar-refractivity contribution in [3.05, 3.63) is 0 Å². The molecule has 2 aliphatic rings. The van der Waals surface area contributed by atoms with Crippen LogP contribution in [0, 0.1) is 11.8 Å². The van der Waals surface area contributed by atoms with Crippen molar-refractivity contribution in [3.8, 4) is 0 Å². The van der Waals surface area contributed by atoms with Crippen molar-refractivity contribution >= 4 is 5.91 Å². The zero-order valence-electron chi connectivity index (χ0n) is 13.5. The molecule has 0 N–H and O–H groups in total. The molecule has 0 bridgehead atoms. The van der Waals surface area contributed by atoms with E-state index in [-0.39, 0.29) is 0 Å². The molecule has 21 heavy (non-hydrogen) atoms. The van der Waals surface area contributed by atoms with E-state index in [1.807, 2.05) is 0 Å². The van der Waals surface area contributed by atoms with Crippen LogP contribution in [0.4, 0.5) is 0 Å². The standard InChI is InChI=1S/C17H31NO3/c1-20-12-13-21-14-16-8-10-18(11-9-16)17(19)7-6-15-4-2-3-5-15/h15-16H,2-14H2,1H3. The number of carbonyl (C=O) groups excluding carboxylic acids is 1. The van der Waals surface area contributed by atoms with E-state index in [4.69, 9.17) is 9.47 Å². The Morgan fingerprint density at radius 1 is 1.05 bits per heavy atom. The summed E-state index contributed by atoms with van der Waals surface area (Å²) in [6, 6.07) is 0. The predicted molar refractivity (Wildman–Crippen MR) is 83.2 cm³/mol. The molecule has 1 aliphatic carbocycles. The minimum absolute atomic E-state index is 0.376. The molecule has 4 heteroatoms. The topological polar surface area (TPSA) is 38.8 Å². The fraction of sp³-hybridized carbons (Fsp3) is 0.941. The van der Waals surface area contributed by atoms with Gasteiger partial charge in [-0.25, -0.2) is 0 Å². The number of piperidine rings is 1. The van der Waals surface area contributed by atoms with Gasteiger partial charge in [0.15, 0.2) is 0 Å². The van der Waals surface area contributed by atoms with Crippen LogP contribution in [-0.2, 0) is 14.3 Å². The zero-order chi connectivity index (χ0) is 14.9. The van der Waals surface area contributed by atoms with E-state index < -0.39 is 0 Å². The predicted octanol–water partition coefficient (Wildman–Crippen LogP) is 2.86. The number of methoxy groups -OCH3 is 1. The quantitative estimate of drug-likeness (QED) is 0.647. The largest absolute Gasteiger partial charge is 0.382 e. The highest BCUT2D eigenvalue weighted by Crippen LogP contribution is 2.29. The van der Waals surface area contributed by atoms with E-state index >= 15 is 0 Å². The molecule has 1 saturated heterocycles. The molecule has 1 amide bonds. The number of carbonyl (C=O) groups is 1. The lowest BCUT2D eigenvalue weighted by Gasteiger charge is -2.32. The van der Waals surface area contributed by atoms with Crippen molar-refractivity contribution in [1.82, 2.24) is 4.90 Å². The maximum atomic E-state index is 12.2. The van der Waals surface area contributed by atoms with Gasteiger partial charge in [0.05, 0.1) is 13.2 Å². The Kier molecular flexibility index (Phi) is 7.51. The summed E-state index contributed by atoms with van der Waals surface area (Å²) in [5.74, 6) is 1.81. The van der Waals surface area contributed by atoms with E-state index in [2.05, 4.69) is 4.90 Å². The van der Waals surface area contributed by atoms with Crippen molar-refractivity contribution in [2.24, 2.45) is 11.8 Å². The number of ether oxygens (including phenoxy) is 2. The first-order valence-electron chi connectivity index (χ1n) is 8.64. The van der Waals surface area contributed by atoms with Gasteiger partial charge in [-0.05, 0) is 31.1 Å². The highest BCUT2D eigenvalue weighted by molar-refractivity contribution is 5.76. The molecule has 1 heterocycles. The average Bonchev–Trinajstić information content (AvgIpc) is 3.03. The number of hydrogen-bond acceptors (Lipinski definition) is 3. The average molecular weight is 297 g/mol. The fourth-order valence-electron chi connectivity index (χ4n) is 3.53. The highest BCUT2D eigenvalue weighted by Gasteiger charge is 2.24. The number of rotatable bonds is 8. The molecule has 0 unspecified atom stereocenters. The zero-order valence-corrected chi connectivity index (χ0v) is 13.5. The molecule has 2 fully saturated rings. The maximum absolute atomic E-state index is 12.2. The van der Waals surface area contributed by atoms with Crippen LogP contribution >= 0.6 is 0 Å². The molecule has 0 spiro atoms. The molecule has 1 saturated carbocycles. The van der Waals surface area contributed by atoms with Gasteiger partial charge in [0.1, 0.15) is 0 Å². The second kappa shape index (κ2) is 9.42. The fourth-order valence-corrected chi connectivity index (χ4v) is 3.53. The second-order valence-electron chi connectivity index (χ2n) is 6.58. The van der Waals surface area contributed by atoms with Crippen LogP contribution in [0.3, 0.4) is 0 Å². The van der Waals surface area contributed by atoms with E-state index in [0.717, 1.165) is 51.3 Å². The van der Waals surface area contributed by atoms with E-state index in [1.54, 1.807) is 7.11 Å². The van der Waals surface area contributed by atoms with Gasteiger partial charge in [-0.3, -0.25) is 4.79 Å². The molecule has 4 nitrogen and oxygen atoms in total. The van der Waals surface area contributed by atoms with Crippen molar-refractivity contribution in [3.63, 3.8) is 0 Å². The highest BCUT2D eigenvalue weighted by atomic mass is 16.5. The number of nitrogens with zero attached hydrogens (tertiary/aromatic N) is 1. The van der Waals surface area contributed by atoms with E-state index in [1.165, 1.54) is 25.7 Å². The normalized spacial score (nSPS) is 21.1. The minimum atomic E-state index is 0.376. The van der Waals surface area contributed by atoms with Crippen LogP contribution in [0.15, 0.2) is 0 Å². The van der Waals surface area contributed by atoms with Gasteiger partial charge in [0.25, 0.3) is 0 Å². The summed E-state index contributed by atoms with van der Waals surface area (Å²) < 4.78 is 10.6. The Balaban J connectivity index is 1.56. The Morgan fingerprint density at radius 3 is 2.43 bits per heavy atom. The smallest absolute Gasteiger partial charge is 0.222 e. The molecule has 1 aliphatic heterocycles. The summed E-state index contributed by atoms with van der Waals surface area (Å²) in [6.45, 7) is 3.99. The van der Waals surface area contributed by atoms with Crippen LogP contribution in [0.5, 0.6) is 0 Å². The summed E-state index contributed by atoms with van der Waals surface area (Å²) in [4.78, 5) is 14.3. The van der Waals surface area contributed by atoms with Crippen molar-refractivity contribution in [1.29, 1.82) is 0 Å². The molecule has 0 radical (unpaired) electrons. The lowest BCUT2D eigenvalue weighted by Crippen LogP contribution is -2.39. The van der Waals surface area contributed by atoms with Gasteiger partial charge in [0.2, 0.25) is 5.91 Å². The Morgan fingerprint density at radius 2 is 1.76 bits per heavy atom. The molecule has 122 valence electrons. The van der Waals surface area contributed by atoms with Crippen LogP contribution in [0.1, 0.15) is 51.4 Å². The first-order valence-corrected chi connectivity index (χ1v) is 8.64. The summed E-state index contributed by atoms with van der Waals surface area (Å²) in [5.41, 5.74) is 0. The maximum Gasteiger partial charge on any atom is 0.222 e. The Hall–Kier alpha value is -0.610. The first kappa shape index (κ1) is 16.8. The van der Waals surface area contributed by atoms with Crippen LogP contribution in [0.2, 0.25) is 0 Å². The summed E-state index contributed by atoms with van der Waals surface area (Å²) in [6.07, 6.45) is 9.46.